The molecule has 0 amide bonds. The number of aryl methyl sites for hydroxylation is 1. The number of aliphatic imine (C=N–C) groups is 1. The van der Waals surface area contributed by atoms with Crippen molar-refractivity contribution in [3.8, 4) is 0 Å². The smallest absolute Gasteiger partial charge is 0.191 e. The SMILES string of the molecule is CCNC(=NCCc1ccccn1)NCCc1c[nH]c2cccc(C)c12.I. The van der Waals surface area contributed by atoms with Crippen molar-refractivity contribution in [3.63, 3.8) is 0 Å². The van der Waals surface area contributed by atoms with E-state index in [-0.39, 0.29) is 24.0 Å². The van der Waals surface area contributed by atoms with Gasteiger partial charge in [0.05, 0.1) is 0 Å². The number of nitrogens with one attached hydrogen (secondary N) is 3. The first-order valence-electron chi connectivity index (χ1n) is 9.25. The van der Waals surface area contributed by atoms with Gasteiger partial charge in [0, 0.05) is 55.0 Å². The van der Waals surface area contributed by atoms with Gasteiger partial charge in [-0.2, -0.15) is 0 Å². The highest BCUT2D eigenvalue weighted by molar-refractivity contribution is 14.0. The number of pyridine rings is 1. The summed E-state index contributed by atoms with van der Waals surface area (Å²) in [5.41, 5.74) is 4.93. The summed E-state index contributed by atoms with van der Waals surface area (Å²) in [5.74, 6) is 0.861. The molecule has 0 saturated heterocycles. The second-order valence-corrected chi connectivity index (χ2v) is 6.32. The van der Waals surface area contributed by atoms with Gasteiger partial charge in [-0.1, -0.05) is 18.2 Å². The van der Waals surface area contributed by atoms with Crippen molar-refractivity contribution in [2.45, 2.75) is 26.7 Å². The van der Waals surface area contributed by atoms with Crippen LogP contribution in [-0.4, -0.2) is 35.6 Å². The molecule has 0 atom stereocenters. The van der Waals surface area contributed by atoms with Crippen LogP contribution in [0.1, 0.15) is 23.7 Å². The van der Waals surface area contributed by atoms with Crippen LogP contribution >= 0.6 is 24.0 Å². The lowest BCUT2D eigenvalue weighted by Gasteiger charge is -2.11. The maximum Gasteiger partial charge on any atom is 0.191 e. The van der Waals surface area contributed by atoms with E-state index in [0.29, 0.717) is 0 Å². The first-order chi connectivity index (χ1) is 12.8. The van der Waals surface area contributed by atoms with Crippen LogP contribution in [0.3, 0.4) is 0 Å². The van der Waals surface area contributed by atoms with Crippen LogP contribution in [0.2, 0.25) is 0 Å². The minimum Gasteiger partial charge on any atom is -0.361 e. The van der Waals surface area contributed by atoms with Crippen LogP contribution in [0.4, 0.5) is 0 Å². The van der Waals surface area contributed by atoms with Crippen molar-refractivity contribution < 1.29 is 0 Å². The van der Waals surface area contributed by atoms with Gasteiger partial charge in [0.15, 0.2) is 5.96 Å². The average Bonchev–Trinajstić information content (AvgIpc) is 3.07. The summed E-state index contributed by atoms with van der Waals surface area (Å²) in [6.07, 6.45) is 5.74. The molecule has 1 aromatic carbocycles. The van der Waals surface area contributed by atoms with Crippen molar-refractivity contribution in [2.75, 3.05) is 19.6 Å². The second-order valence-electron chi connectivity index (χ2n) is 6.32. The van der Waals surface area contributed by atoms with E-state index in [1.807, 2.05) is 24.4 Å². The third-order valence-corrected chi connectivity index (χ3v) is 4.39. The van der Waals surface area contributed by atoms with Crippen molar-refractivity contribution >= 4 is 40.8 Å². The molecule has 2 aromatic heterocycles. The molecule has 0 unspecified atom stereocenters. The Bertz CT molecular complexity index is 857. The fourth-order valence-electron chi connectivity index (χ4n) is 3.13. The number of halogens is 1. The number of hydrogen-bond acceptors (Lipinski definition) is 2. The van der Waals surface area contributed by atoms with Gasteiger partial charge in [-0.15, -0.1) is 24.0 Å². The van der Waals surface area contributed by atoms with Crippen LogP contribution in [0.15, 0.2) is 53.8 Å². The molecule has 6 heteroatoms. The molecule has 5 nitrogen and oxygen atoms in total. The molecule has 3 rings (SSSR count). The highest BCUT2D eigenvalue weighted by Crippen LogP contribution is 2.22. The maximum atomic E-state index is 4.65. The topological polar surface area (TPSA) is 65.1 Å². The van der Waals surface area contributed by atoms with Gasteiger partial charge in [-0.25, -0.2) is 0 Å². The number of nitrogens with zero attached hydrogens (tertiary/aromatic N) is 2. The zero-order valence-corrected chi connectivity index (χ0v) is 18.3. The Morgan fingerprint density at radius 1 is 1.11 bits per heavy atom. The molecule has 0 fully saturated rings. The van der Waals surface area contributed by atoms with E-state index in [0.717, 1.165) is 44.1 Å². The van der Waals surface area contributed by atoms with Gasteiger partial charge in [0.2, 0.25) is 0 Å². The second kappa shape index (κ2) is 10.9. The third kappa shape index (κ3) is 5.95. The molecule has 0 radical (unpaired) electrons. The molecule has 144 valence electrons. The maximum absolute atomic E-state index is 4.65. The lowest BCUT2D eigenvalue weighted by Crippen LogP contribution is -2.38. The van der Waals surface area contributed by atoms with Gasteiger partial charge < -0.3 is 15.6 Å². The Morgan fingerprint density at radius 2 is 2.00 bits per heavy atom. The number of benzene rings is 1. The Hall–Kier alpha value is -2.09. The Morgan fingerprint density at radius 3 is 2.78 bits per heavy atom. The van der Waals surface area contributed by atoms with Crippen LogP contribution in [0.25, 0.3) is 10.9 Å². The minimum absolute atomic E-state index is 0. The van der Waals surface area contributed by atoms with E-state index in [1.54, 1.807) is 0 Å². The molecule has 27 heavy (non-hydrogen) atoms. The molecule has 0 bridgehead atoms. The van der Waals surface area contributed by atoms with E-state index < -0.39 is 0 Å². The van der Waals surface area contributed by atoms with Crippen LogP contribution < -0.4 is 10.6 Å². The summed E-state index contributed by atoms with van der Waals surface area (Å²) in [5, 5.41) is 8.08. The molecule has 0 aliphatic heterocycles. The number of aromatic nitrogens is 2. The van der Waals surface area contributed by atoms with E-state index in [2.05, 4.69) is 63.8 Å². The van der Waals surface area contributed by atoms with Crippen molar-refractivity contribution in [3.05, 3.63) is 65.6 Å². The number of fused-ring (bicyclic) bond motifs is 1. The zero-order valence-electron chi connectivity index (χ0n) is 16.0. The van der Waals surface area contributed by atoms with E-state index >= 15 is 0 Å². The quantitative estimate of drug-likeness (QED) is 0.275. The average molecular weight is 477 g/mol. The molecule has 3 N–H and O–H groups in total. The Labute approximate surface area is 178 Å². The standard InChI is InChI=1S/C21H27N5.HI/c1-3-22-21(25-14-11-18-8-4-5-12-23-18)24-13-10-17-15-26-19-9-6-7-16(2)20(17)19;/h4-9,12,15,26H,3,10-11,13-14H2,1-2H3,(H2,22,24,25);1H. The van der Waals surface area contributed by atoms with Gasteiger partial charge in [0.1, 0.15) is 0 Å². The highest BCUT2D eigenvalue weighted by Gasteiger charge is 2.06. The summed E-state index contributed by atoms with van der Waals surface area (Å²) < 4.78 is 0. The Balaban J connectivity index is 0.00000261. The molecule has 3 aromatic rings. The summed E-state index contributed by atoms with van der Waals surface area (Å²) in [4.78, 5) is 12.4. The summed E-state index contributed by atoms with van der Waals surface area (Å²) in [6.45, 7) is 6.66. The molecule has 0 saturated carbocycles. The molecule has 0 aliphatic rings. The Kier molecular flexibility index (Phi) is 8.57. The predicted molar refractivity (Wildman–Crippen MR) is 124 cm³/mol. The van der Waals surface area contributed by atoms with Gasteiger partial charge in [-0.05, 0) is 49.6 Å². The van der Waals surface area contributed by atoms with Crippen molar-refractivity contribution in [2.24, 2.45) is 4.99 Å². The van der Waals surface area contributed by atoms with Gasteiger partial charge in [-0.3, -0.25) is 9.98 Å². The molecular formula is C21H28IN5. The monoisotopic (exact) mass is 477 g/mol. The molecule has 2 heterocycles. The number of H-pyrrole nitrogens is 1. The summed E-state index contributed by atoms with van der Waals surface area (Å²) in [7, 11) is 0. The predicted octanol–water partition coefficient (Wildman–Crippen LogP) is 3.83. The number of guanidine groups is 1. The number of rotatable bonds is 7. The van der Waals surface area contributed by atoms with Crippen molar-refractivity contribution in [1.82, 2.24) is 20.6 Å². The third-order valence-electron chi connectivity index (χ3n) is 4.39. The fourth-order valence-corrected chi connectivity index (χ4v) is 3.13. The van der Waals surface area contributed by atoms with Crippen LogP contribution in [0.5, 0.6) is 0 Å². The first kappa shape index (κ1) is 21.2. The summed E-state index contributed by atoms with van der Waals surface area (Å²) >= 11 is 0. The normalized spacial score (nSPS) is 11.3. The molecule has 0 spiro atoms. The van der Waals surface area contributed by atoms with Gasteiger partial charge >= 0.3 is 0 Å². The first-order valence-corrected chi connectivity index (χ1v) is 9.25. The lowest BCUT2D eigenvalue weighted by molar-refractivity contribution is 0.796. The minimum atomic E-state index is 0. The molecule has 0 aliphatic carbocycles. The van der Waals surface area contributed by atoms with Gasteiger partial charge in [0.25, 0.3) is 0 Å². The lowest BCUT2D eigenvalue weighted by atomic mass is 10.1. The molecular weight excluding hydrogens is 449 g/mol. The number of aromatic amines is 1. The highest BCUT2D eigenvalue weighted by atomic mass is 127. The zero-order chi connectivity index (χ0) is 18.2. The van der Waals surface area contributed by atoms with E-state index in [4.69, 9.17) is 0 Å². The van der Waals surface area contributed by atoms with E-state index in [9.17, 15) is 0 Å². The van der Waals surface area contributed by atoms with Crippen LogP contribution in [0, 0.1) is 6.92 Å². The summed E-state index contributed by atoms with van der Waals surface area (Å²) in [6, 6.07) is 12.4. The van der Waals surface area contributed by atoms with E-state index in [1.165, 1.54) is 22.0 Å². The largest absolute Gasteiger partial charge is 0.361 e. The fraction of sp³-hybridized carbons (Fsp3) is 0.333. The number of hydrogen-bond donors (Lipinski definition) is 3. The van der Waals surface area contributed by atoms with Crippen molar-refractivity contribution in [1.29, 1.82) is 0 Å². The van der Waals surface area contributed by atoms with Crippen LogP contribution in [-0.2, 0) is 12.8 Å².